The molecule has 3 aromatic rings. The van der Waals surface area contributed by atoms with Crippen LogP contribution in [0.15, 0.2) is 48.9 Å². The molecule has 0 aliphatic carbocycles. The summed E-state index contributed by atoms with van der Waals surface area (Å²) in [7, 11) is 4.22. The normalized spacial score (nSPS) is 19.7. The Morgan fingerprint density at radius 3 is 2.81 bits per heavy atom. The van der Waals surface area contributed by atoms with Crippen molar-refractivity contribution in [2.75, 3.05) is 33.2 Å². The van der Waals surface area contributed by atoms with E-state index in [-0.39, 0.29) is 0 Å². The number of para-hydroxylation sites is 1. The van der Waals surface area contributed by atoms with Gasteiger partial charge in [0.15, 0.2) is 0 Å². The van der Waals surface area contributed by atoms with Crippen LogP contribution in [0.1, 0.15) is 11.1 Å². The van der Waals surface area contributed by atoms with E-state index in [1.54, 1.807) is 0 Å². The maximum Gasteiger partial charge on any atom is 0.0734 e. The lowest BCUT2D eigenvalue weighted by atomic mass is 9.96. The molecular weight excluding hydrogens is 322 g/mol. The molecule has 2 aromatic heterocycles. The Morgan fingerprint density at radius 1 is 1.08 bits per heavy atom. The highest BCUT2D eigenvalue weighted by Crippen LogP contribution is 2.22. The molecule has 5 heteroatoms. The lowest BCUT2D eigenvalue weighted by molar-refractivity contribution is 0.249. The first kappa shape index (κ1) is 17.2. The summed E-state index contributed by atoms with van der Waals surface area (Å²) in [5.41, 5.74) is 3.81. The van der Waals surface area contributed by atoms with E-state index < -0.39 is 0 Å². The zero-order valence-electron chi connectivity index (χ0n) is 15.7. The number of fused-ring (bicyclic) bond motifs is 1. The van der Waals surface area contributed by atoms with Crippen LogP contribution in [0.2, 0.25) is 0 Å². The average molecular weight is 349 g/mol. The second-order valence-corrected chi connectivity index (χ2v) is 7.58. The van der Waals surface area contributed by atoms with Gasteiger partial charge in [0.2, 0.25) is 0 Å². The molecule has 3 heterocycles. The van der Waals surface area contributed by atoms with Crippen LogP contribution in [-0.4, -0.2) is 57.8 Å². The van der Waals surface area contributed by atoms with Crippen LogP contribution in [0.25, 0.3) is 10.9 Å². The molecule has 0 N–H and O–H groups in total. The van der Waals surface area contributed by atoms with E-state index >= 15 is 0 Å². The second-order valence-electron chi connectivity index (χ2n) is 7.58. The molecule has 0 amide bonds. The minimum absolute atomic E-state index is 0.603. The minimum Gasteiger partial charge on any atom is -0.305 e. The maximum atomic E-state index is 4.64. The molecule has 1 atom stereocenters. The van der Waals surface area contributed by atoms with Crippen LogP contribution in [-0.2, 0) is 20.0 Å². The SMILES string of the molecule is CN1CCN(Cc2cnn(C)c2)C[C@H](Cc2cccc3cccnc23)C1. The lowest BCUT2D eigenvalue weighted by Gasteiger charge is -2.24. The fourth-order valence-electron chi connectivity index (χ4n) is 4.09. The predicted molar refractivity (Wildman–Crippen MR) is 105 cm³/mol. The Kier molecular flexibility index (Phi) is 5.00. The zero-order valence-corrected chi connectivity index (χ0v) is 15.7. The summed E-state index contributed by atoms with van der Waals surface area (Å²) in [6.45, 7) is 5.45. The van der Waals surface area contributed by atoms with Crippen LogP contribution in [0.5, 0.6) is 0 Å². The molecule has 5 nitrogen and oxygen atoms in total. The van der Waals surface area contributed by atoms with Gasteiger partial charge in [-0.1, -0.05) is 24.3 Å². The summed E-state index contributed by atoms with van der Waals surface area (Å²) in [6, 6.07) is 10.7. The molecule has 1 aliphatic heterocycles. The summed E-state index contributed by atoms with van der Waals surface area (Å²) in [5, 5.41) is 5.55. The van der Waals surface area contributed by atoms with Crippen molar-refractivity contribution >= 4 is 10.9 Å². The van der Waals surface area contributed by atoms with Crippen LogP contribution < -0.4 is 0 Å². The maximum absolute atomic E-state index is 4.64. The third-order valence-corrected chi connectivity index (χ3v) is 5.27. The summed E-state index contributed by atoms with van der Waals surface area (Å²) in [6.07, 6.45) is 7.08. The number of rotatable bonds is 4. The van der Waals surface area contributed by atoms with E-state index in [4.69, 9.17) is 0 Å². The van der Waals surface area contributed by atoms with Crippen molar-refractivity contribution in [1.82, 2.24) is 24.6 Å². The Labute approximate surface area is 155 Å². The van der Waals surface area contributed by atoms with E-state index in [1.165, 1.54) is 16.5 Å². The van der Waals surface area contributed by atoms with Crippen LogP contribution in [0.4, 0.5) is 0 Å². The summed E-state index contributed by atoms with van der Waals surface area (Å²) < 4.78 is 1.89. The van der Waals surface area contributed by atoms with Gasteiger partial charge in [0.25, 0.3) is 0 Å². The lowest BCUT2D eigenvalue weighted by Crippen LogP contribution is -2.30. The van der Waals surface area contributed by atoms with E-state index in [0.29, 0.717) is 5.92 Å². The zero-order chi connectivity index (χ0) is 17.9. The smallest absolute Gasteiger partial charge is 0.0734 e. The fourth-order valence-corrected chi connectivity index (χ4v) is 4.09. The molecule has 136 valence electrons. The number of aromatic nitrogens is 3. The highest BCUT2D eigenvalue weighted by atomic mass is 15.3. The molecule has 0 bridgehead atoms. The molecule has 0 saturated carbocycles. The number of hydrogen-bond acceptors (Lipinski definition) is 4. The quantitative estimate of drug-likeness (QED) is 0.725. The van der Waals surface area contributed by atoms with Gasteiger partial charge in [-0.15, -0.1) is 0 Å². The summed E-state index contributed by atoms with van der Waals surface area (Å²) >= 11 is 0. The second kappa shape index (κ2) is 7.56. The van der Waals surface area contributed by atoms with Crippen molar-refractivity contribution in [3.8, 4) is 0 Å². The number of pyridine rings is 1. The Balaban J connectivity index is 1.52. The molecular formula is C21H27N5. The number of nitrogens with zero attached hydrogens (tertiary/aromatic N) is 5. The van der Waals surface area contributed by atoms with Crippen LogP contribution in [0, 0.1) is 5.92 Å². The van der Waals surface area contributed by atoms with Crippen LogP contribution in [0.3, 0.4) is 0 Å². The first-order valence-electron chi connectivity index (χ1n) is 9.38. The number of likely N-dealkylation sites (N-methyl/N-ethyl adjacent to an activating group) is 1. The number of aryl methyl sites for hydroxylation is 1. The van der Waals surface area contributed by atoms with Gasteiger partial charge in [0.05, 0.1) is 11.7 Å². The standard InChI is InChI=1S/C21H27N5/c1-24-9-10-26(16-18-12-23-25(2)14-18)15-17(13-24)11-20-6-3-5-19-7-4-8-22-21(19)20/h3-8,12,14,17H,9-11,13,15-16H2,1-2H3/t17-/m1/s1. The molecule has 0 spiro atoms. The van der Waals surface area contributed by atoms with Gasteiger partial charge in [0.1, 0.15) is 0 Å². The van der Waals surface area contributed by atoms with Gasteiger partial charge in [-0.3, -0.25) is 14.6 Å². The van der Waals surface area contributed by atoms with Crippen molar-refractivity contribution < 1.29 is 0 Å². The van der Waals surface area contributed by atoms with Crippen LogP contribution >= 0.6 is 0 Å². The van der Waals surface area contributed by atoms with E-state index in [2.05, 4.69) is 57.4 Å². The van der Waals surface area contributed by atoms with Crippen molar-refractivity contribution in [1.29, 1.82) is 0 Å². The topological polar surface area (TPSA) is 37.2 Å². The van der Waals surface area contributed by atoms with E-state index in [0.717, 1.165) is 44.7 Å². The average Bonchev–Trinajstić information content (AvgIpc) is 2.96. The predicted octanol–water partition coefficient (Wildman–Crippen LogP) is 2.57. The van der Waals surface area contributed by atoms with Gasteiger partial charge in [0, 0.05) is 63.1 Å². The van der Waals surface area contributed by atoms with E-state index in [9.17, 15) is 0 Å². The highest BCUT2D eigenvalue weighted by molar-refractivity contribution is 5.81. The van der Waals surface area contributed by atoms with Crippen molar-refractivity contribution in [3.05, 3.63) is 60.0 Å². The molecule has 0 radical (unpaired) electrons. The molecule has 1 aliphatic rings. The molecule has 1 saturated heterocycles. The van der Waals surface area contributed by atoms with Gasteiger partial charge in [-0.05, 0) is 31.0 Å². The molecule has 1 fully saturated rings. The molecule has 0 unspecified atom stereocenters. The Morgan fingerprint density at radius 2 is 1.96 bits per heavy atom. The monoisotopic (exact) mass is 349 g/mol. The number of hydrogen-bond donors (Lipinski definition) is 0. The highest BCUT2D eigenvalue weighted by Gasteiger charge is 2.22. The Bertz CT molecular complexity index is 866. The van der Waals surface area contributed by atoms with Crippen molar-refractivity contribution in [3.63, 3.8) is 0 Å². The fraction of sp³-hybridized carbons (Fsp3) is 0.429. The van der Waals surface area contributed by atoms with Crippen molar-refractivity contribution in [2.45, 2.75) is 13.0 Å². The molecule has 1 aromatic carbocycles. The Hall–Kier alpha value is -2.24. The number of benzene rings is 1. The summed E-state index contributed by atoms with van der Waals surface area (Å²) in [4.78, 5) is 9.68. The first-order valence-corrected chi connectivity index (χ1v) is 9.38. The third kappa shape index (κ3) is 3.94. The molecule has 26 heavy (non-hydrogen) atoms. The van der Waals surface area contributed by atoms with Gasteiger partial charge in [-0.25, -0.2) is 0 Å². The summed E-state index contributed by atoms with van der Waals surface area (Å²) in [5.74, 6) is 0.603. The largest absolute Gasteiger partial charge is 0.305 e. The van der Waals surface area contributed by atoms with Crippen molar-refractivity contribution in [2.24, 2.45) is 13.0 Å². The molecule has 4 rings (SSSR count). The van der Waals surface area contributed by atoms with E-state index in [1.807, 2.05) is 30.2 Å². The van der Waals surface area contributed by atoms with Gasteiger partial charge >= 0.3 is 0 Å². The minimum atomic E-state index is 0.603. The first-order chi connectivity index (χ1) is 12.7. The third-order valence-electron chi connectivity index (χ3n) is 5.27. The van der Waals surface area contributed by atoms with Gasteiger partial charge in [-0.2, -0.15) is 5.10 Å². The van der Waals surface area contributed by atoms with Gasteiger partial charge < -0.3 is 4.90 Å².